The van der Waals surface area contributed by atoms with E-state index >= 15 is 0 Å². The third kappa shape index (κ3) is 6.07. The molecule has 3 N–H and O–H groups in total. The van der Waals surface area contributed by atoms with Crippen LogP contribution in [0.4, 0.5) is 5.69 Å². The number of aliphatic carboxylic acids is 1. The lowest BCUT2D eigenvalue weighted by Crippen LogP contribution is -2.40. The van der Waals surface area contributed by atoms with E-state index in [0.717, 1.165) is 11.1 Å². The number of rotatable bonds is 7. The highest BCUT2D eigenvalue weighted by molar-refractivity contribution is 6.39. The van der Waals surface area contributed by atoms with Crippen molar-refractivity contribution < 1.29 is 19.5 Å². The number of carbonyl (C=O) groups excluding carboxylic acids is 2. The number of amides is 2. The van der Waals surface area contributed by atoms with Gasteiger partial charge in [-0.2, -0.15) is 0 Å². The van der Waals surface area contributed by atoms with Gasteiger partial charge in [-0.25, -0.2) is 4.79 Å². The van der Waals surface area contributed by atoms with E-state index in [1.807, 2.05) is 32.0 Å². The maximum atomic E-state index is 12.4. The lowest BCUT2D eigenvalue weighted by Gasteiger charge is -2.14. The molecule has 0 aliphatic rings. The molecule has 2 rings (SSSR count). The summed E-state index contributed by atoms with van der Waals surface area (Å²) in [5.41, 5.74) is 2.54. The second-order valence-corrected chi connectivity index (χ2v) is 7.17. The van der Waals surface area contributed by atoms with Gasteiger partial charge in [-0.05, 0) is 49.6 Å². The summed E-state index contributed by atoms with van der Waals surface area (Å²) >= 11 is 12.0. The van der Waals surface area contributed by atoms with Crippen LogP contribution in [0.15, 0.2) is 48.6 Å². The Morgan fingerprint density at radius 2 is 1.59 bits per heavy atom. The largest absolute Gasteiger partial charge is 0.480 e. The summed E-state index contributed by atoms with van der Waals surface area (Å²) in [7, 11) is 0. The Kier molecular flexibility index (Phi) is 7.82. The Balaban J connectivity index is 2.03. The number of nitrogens with one attached hydrogen (secondary N) is 2. The summed E-state index contributed by atoms with van der Waals surface area (Å²) in [6.07, 6.45) is 2.52. The molecule has 8 heteroatoms. The molecular formula is C21H20Cl2N2O4. The van der Waals surface area contributed by atoms with E-state index in [1.165, 1.54) is 24.3 Å². The monoisotopic (exact) mass is 434 g/mol. The molecule has 0 radical (unpaired) electrons. The lowest BCUT2D eigenvalue weighted by molar-refractivity contribution is -0.139. The second kappa shape index (κ2) is 10.1. The molecule has 0 saturated heterocycles. The first-order valence-corrected chi connectivity index (χ1v) is 9.47. The van der Waals surface area contributed by atoms with E-state index < -0.39 is 23.8 Å². The molecule has 1 atom stereocenters. The first-order valence-electron chi connectivity index (χ1n) is 8.72. The molecule has 0 unspecified atom stereocenters. The molecule has 2 amide bonds. The summed E-state index contributed by atoms with van der Waals surface area (Å²) in [4.78, 5) is 36.0. The average Bonchev–Trinajstić information content (AvgIpc) is 2.63. The molecule has 0 heterocycles. The van der Waals surface area contributed by atoms with Gasteiger partial charge >= 0.3 is 5.97 Å². The molecule has 0 aliphatic carbocycles. The van der Waals surface area contributed by atoms with E-state index in [4.69, 9.17) is 23.2 Å². The van der Waals surface area contributed by atoms with E-state index in [9.17, 15) is 19.5 Å². The van der Waals surface area contributed by atoms with Gasteiger partial charge in [-0.3, -0.25) is 9.59 Å². The molecule has 0 fully saturated rings. The van der Waals surface area contributed by atoms with Crippen molar-refractivity contribution in [1.82, 2.24) is 5.32 Å². The summed E-state index contributed by atoms with van der Waals surface area (Å²) in [5, 5.41) is 14.7. The number of hydrogen-bond donors (Lipinski definition) is 3. The quantitative estimate of drug-likeness (QED) is 0.563. The number of carbonyl (C=O) groups is 3. The zero-order valence-corrected chi connectivity index (χ0v) is 17.3. The zero-order chi connectivity index (χ0) is 21.6. The summed E-state index contributed by atoms with van der Waals surface area (Å²) in [5.74, 6) is -2.35. The van der Waals surface area contributed by atoms with Crippen molar-refractivity contribution in [2.24, 2.45) is 0 Å². The van der Waals surface area contributed by atoms with Crippen LogP contribution >= 0.6 is 23.2 Å². The number of benzene rings is 2. The third-order valence-corrected chi connectivity index (χ3v) is 4.79. The van der Waals surface area contributed by atoms with Crippen molar-refractivity contribution in [1.29, 1.82) is 0 Å². The SMILES string of the molecule is Cc1cccc(C)c1NC(=O)C=CC[C@H](NC(=O)c1c(Cl)cccc1Cl)C(=O)O. The predicted octanol–water partition coefficient (Wildman–Crippen LogP) is 4.38. The van der Waals surface area contributed by atoms with Crippen molar-refractivity contribution in [3.8, 4) is 0 Å². The van der Waals surface area contributed by atoms with Crippen LogP contribution in [0, 0.1) is 13.8 Å². The van der Waals surface area contributed by atoms with Gasteiger partial charge in [0.25, 0.3) is 5.91 Å². The number of hydrogen-bond acceptors (Lipinski definition) is 3. The van der Waals surface area contributed by atoms with Crippen LogP contribution in [-0.2, 0) is 9.59 Å². The van der Waals surface area contributed by atoms with E-state index in [1.54, 1.807) is 6.07 Å². The third-order valence-electron chi connectivity index (χ3n) is 4.16. The van der Waals surface area contributed by atoms with Crippen LogP contribution in [-0.4, -0.2) is 28.9 Å². The minimum Gasteiger partial charge on any atom is -0.480 e. The van der Waals surface area contributed by atoms with Crippen LogP contribution in [0.2, 0.25) is 10.0 Å². The maximum absolute atomic E-state index is 12.4. The molecule has 29 heavy (non-hydrogen) atoms. The van der Waals surface area contributed by atoms with Gasteiger partial charge in [0.15, 0.2) is 0 Å². The zero-order valence-electron chi connectivity index (χ0n) is 15.8. The number of carboxylic acid groups (broad SMARTS) is 1. The average molecular weight is 435 g/mol. The van der Waals surface area contributed by atoms with Crippen molar-refractivity contribution in [3.05, 3.63) is 75.3 Å². The second-order valence-electron chi connectivity index (χ2n) is 6.36. The Bertz CT molecular complexity index is 933. The van der Waals surface area contributed by atoms with Gasteiger partial charge in [0.2, 0.25) is 5.91 Å². The van der Waals surface area contributed by atoms with Crippen LogP contribution in [0.3, 0.4) is 0 Å². The van der Waals surface area contributed by atoms with Gasteiger partial charge in [0.05, 0.1) is 15.6 Å². The maximum Gasteiger partial charge on any atom is 0.326 e. The van der Waals surface area contributed by atoms with Gasteiger partial charge < -0.3 is 15.7 Å². The molecule has 0 bridgehead atoms. The van der Waals surface area contributed by atoms with E-state index in [-0.39, 0.29) is 22.0 Å². The highest BCUT2D eigenvalue weighted by atomic mass is 35.5. The number of halogens is 2. The van der Waals surface area contributed by atoms with Crippen LogP contribution in [0.1, 0.15) is 27.9 Å². The molecule has 152 valence electrons. The smallest absolute Gasteiger partial charge is 0.326 e. The van der Waals surface area contributed by atoms with Crippen LogP contribution in [0.5, 0.6) is 0 Å². The Morgan fingerprint density at radius 3 is 2.14 bits per heavy atom. The molecule has 6 nitrogen and oxygen atoms in total. The molecule has 0 aromatic heterocycles. The van der Waals surface area contributed by atoms with Crippen molar-refractivity contribution in [2.75, 3.05) is 5.32 Å². The molecular weight excluding hydrogens is 415 g/mol. The number of aryl methyl sites for hydroxylation is 2. The topological polar surface area (TPSA) is 95.5 Å². The fraction of sp³-hybridized carbons (Fsp3) is 0.190. The minimum absolute atomic E-state index is 0.00108. The van der Waals surface area contributed by atoms with E-state index in [0.29, 0.717) is 5.69 Å². The number of carboxylic acids is 1. The van der Waals surface area contributed by atoms with Crippen molar-refractivity contribution in [2.45, 2.75) is 26.3 Å². The lowest BCUT2D eigenvalue weighted by atomic mass is 10.1. The molecule has 2 aromatic rings. The van der Waals surface area contributed by atoms with Gasteiger partial charge in [0.1, 0.15) is 6.04 Å². The number of anilines is 1. The van der Waals surface area contributed by atoms with Crippen LogP contribution in [0.25, 0.3) is 0 Å². The fourth-order valence-corrected chi connectivity index (χ4v) is 3.22. The summed E-state index contributed by atoms with van der Waals surface area (Å²) < 4.78 is 0. The molecule has 2 aromatic carbocycles. The van der Waals surface area contributed by atoms with Gasteiger partial charge in [0, 0.05) is 5.69 Å². The van der Waals surface area contributed by atoms with Crippen LogP contribution < -0.4 is 10.6 Å². The van der Waals surface area contributed by atoms with Gasteiger partial charge in [-0.15, -0.1) is 0 Å². The minimum atomic E-state index is -1.25. The van der Waals surface area contributed by atoms with Crippen molar-refractivity contribution >= 4 is 46.7 Å². The predicted molar refractivity (Wildman–Crippen MR) is 114 cm³/mol. The fourth-order valence-electron chi connectivity index (χ4n) is 2.65. The summed E-state index contributed by atoms with van der Waals surface area (Å²) in [6.45, 7) is 3.75. The van der Waals surface area contributed by atoms with Gasteiger partial charge in [-0.1, -0.05) is 53.5 Å². The van der Waals surface area contributed by atoms with Crippen molar-refractivity contribution in [3.63, 3.8) is 0 Å². The first kappa shape index (κ1) is 22.5. The van der Waals surface area contributed by atoms with E-state index in [2.05, 4.69) is 10.6 Å². The first-order chi connectivity index (χ1) is 13.7. The standard InChI is InChI=1S/C21H20Cl2N2O4/c1-12-6-3-7-13(2)19(12)25-17(26)11-5-10-16(21(28)29)24-20(27)18-14(22)8-4-9-15(18)23/h3-9,11,16H,10H2,1-2H3,(H,24,27)(H,25,26)(H,28,29)/t16-/m0/s1. The Morgan fingerprint density at radius 1 is 1.03 bits per heavy atom. The Labute approximate surface area is 178 Å². The molecule has 0 spiro atoms. The molecule has 0 saturated carbocycles. The Hall–Kier alpha value is -2.83. The summed E-state index contributed by atoms with van der Waals surface area (Å²) in [6, 6.07) is 8.94. The number of para-hydroxylation sites is 1. The highest BCUT2D eigenvalue weighted by Gasteiger charge is 2.22. The molecule has 0 aliphatic heterocycles. The normalized spacial score (nSPS) is 11.9. The highest BCUT2D eigenvalue weighted by Crippen LogP contribution is 2.24.